The first-order valence-electron chi connectivity index (χ1n) is 5.62. The molecule has 0 amide bonds. The number of nitrogens with two attached hydrogens (primary N) is 1. The summed E-state index contributed by atoms with van der Waals surface area (Å²) < 4.78 is 0. The molecule has 0 spiro atoms. The predicted octanol–water partition coefficient (Wildman–Crippen LogP) is 2.68. The zero-order valence-corrected chi connectivity index (χ0v) is 9.34. The second-order valence-electron chi connectivity index (χ2n) is 4.05. The molecule has 14 heavy (non-hydrogen) atoms. The predicted molar refractivity (Wildman–Crippen MR) is 61.7 cm³/mol. The highest BCUT2D eigenvalue weighted by Crippen LogP contribution is 2.12. The zero-order valence-electron chi connectivity index (χ0n) is 9.34. The molecule has 0 heterocycles. The third-order valence-corrected chi connectivity index (χ3v) is 2.68. The van der Waals surface area contributed by atoms with E-state index < -0.39 is 0 Å². The van der Waals surface area contributed by atoms with E-state index in [2.05, 4.69) is 31.3 Å². The van der Waals surface area contributed by atoms with Crippen molar-refractivity contribution in [1.29, 1.82) is 0 Å². The Balaban J connectivity index is 2.45. The molecular weight excluding hydrogens is 172 g/mol. The topological polar surface area (TPSA) is 38.0 Å². The lowest BCUT2D eigenvalue weighted by molar-refractivity contribution is 0.561. The van der Waals surface area contributed by atoms with Gasteiger partial charge in [-0.15, -0.1) is 0 Å². The zero-order chi connectivity index (χ0) is 10.4. The summed E-state index contributed by atoms with van der Waals surface area (Å²) in [5, 5.41) is 3.37. The van der Waals surface area contributed by atoms with Gasteiger partial charge in [-0.25, -0.2) is 0 Å². The molecule has 0 aromatic heterocycles. The summed E-state index contributed by atoms with van der Waals surface area (Å²) >= 11 is 0. The molecule has 1 rings (SSSR count). The number of hydrogen-bond acceptors (Lipinski definition) is 2. The van der Waals surface area contributed by atoms with Crippen molar-refractivity contribution in [2.75, 3.05) is 0 Å². The molecule has 1 atom stereocenters. The summed E-state index contributed by atoms with van der Waals surface area (Å²) in [4.78, 5) is 0. The van der Waals surface area contributed by atoms with Crippen LogP contribution < -0.4 is 11.1 Å². The molecule has 0 saturated carbocycles. The van der Waals surface area contributed by atoms with Gasteiger partial charge in [0.15, 0.2) is 0 Å². The molecule has 0 radical (unpaired) electrons. The van der Waals surface area contributed by atoms with E-state index in [1.54, 1.807) is 0 Å². The van der Waals surface area contributed by atoms with Crippen LogP contribution in [0.4, 0.5) is 0 Å². The van der Waals surface area contributed by atoms with Crippen molar-refractivity contribution in [3.05, 3.63) is 23.5 Å². The van der Waals surface area contributed by atoms with Crippen molar-refractivity contribution < 1.29 is 0 Å². The summed E-state index contributed by atoms with van der Waals surface area (Å²) in [5.41, 5.74) is 7.25. The Morgan fingerprint density at radius 3 is 2.93 bits per heavy atom. The van der Waals surface area contributed by atoms with E-state index in [1.807, 2.05) is 0 Å². The normalized spacial score (nSPS) is 23.1. The van der Waals surface area contributed by atoms with E-state index in [4.69, 9.17) is 5.73 Å². The van der Waals surface area contributed by atoms with E-state index in [9.17, 15) is 0 Å². The molecule has 3 N–H and O–H groups in total. The van der Waals surface area contributed by atoms with Crippen molar-refractivity contribution in [1.82, 2.24) is 5.32 Å². The summed E-state index contributed by atoms with van der Waals surface area (Å²) in [6.45, 7) is 4.29. The van der Waals surface area contributed by atoms with Gasteiger partial charge in [-0.05, 0) is 38.2 Å². The number of nitrogens with one attached hydrogen (secondary N) is 1. The molecule has 0 saturated heterocycles. The Hall–Kier alpha value is -0.920. The van der Waals surface area contributed by atoms with E-state index in [0.29, 0.717) is 6.04 Å². The minimum absolute atomic E-state index is 0.454. The van der Waals surface area contributed by atoms with Crippen LogP contribution in [0.1, 0.15) is 46.0 Å². The Labute approximate surface area is 87.3 Å². The van der Waals surface area contributed by atoms with Gasteiger partial charge in [0, 0.05) is 6.04 Å². The average molecular weight is 194 g/mol. The fourth-order valence-electron chi connectivity index (χ4n) is 1.77. The minimum Gasteiger partial charge on any atom is -0.386 e. The smallest absolute Gasteiger partial charge is 0.0953 e. The first-order valence-corrected chi connectivity index (χ1v) is 5.62. The van der Waals surface area contributed by atoms with E-state index in [0.717, 1.165) is 18.7 Å². The quantitative estimate of drug-likeness (QED) is 0.675. The van der Waals surface area contributed by atoms with Crippen LogP contribution in [0.2, 0.25) is 0 Å². The van der Waals surface area contributed by atoms with Crippen LogP contribution in [0, 0.1) is 0 Å². The lowest BCUT2D eigenvalue weighted by Crippen LogP contribution is -2.32. The molecular formula is C12H22N2. The van der Waals surface area contributed by atoms with E-state index in [-0.39, 0.29) is 0 Å². The molecule has 0 aromatic carbocycles. The van der Waals surface area contributed by atoms with Gasteiger partial charge in [0.1, 0.15) is 0 Å². The Kier molecular flexibility index (Phi) is 4.57. The first kappa shape index (κ1) is 11.2. The number of rotatable bonds is 4. The fourth-order valence-corrected chi connectivity index (χ4v) is 1.77. The maximum absolute atomic E-state index is 5.97. The van der Waals surface area contributed by atoms with Crippen molar-refractivity contribution in [2.45, 2.75) is 52.0 Å². The molecule has 2 nitrogen and oxygen atoms in total. The molecule has 0 bridgehead atoms. The van der Waals surface area contributed by atoms with Crippen molar-refractivity contribution in [3.63, 3.8) is 0 Å². The third-order valence-electron chi connectivity index (χ3n) is 2.68. The third kappa shape index (κ3) is 3.44. The van der Waals surface area contributed by atoms with E-state index >= 15 is 0 Å². The monoisotopic (exact) mass is 194 g/mol. The van der Waals surface area contributed by atoms with Gasteiger partial charge in [0.05, 0.1) is 5.82 Å². The van der Waals surface area contributed by atoms with Gasteiger partial charge in [-0.2, -0.15) is 0 Å². The highest BCUT2D eigenvalue weighted by atomic mass is 15.0. The van der Waals surface area contributed by atoms with Gasteiger partial charge in [0.25, 0.3) is 0 Å². The summed E-state index contributed by atoms with van der Waals surface area (Å²) in [7, 11) is 0. The van der Waals surface area contributed by atoms with Gasteiger partial charge in [-0.3, -0.25) is 0 Å². The molecule has 1 aliphatic rings. The van der Waals surface area contributed by atoms with Crippen LogP contribution in [-0.2, 0) is 0 Å². The SMILES string of the molecule is CCC/C(C)=C(\N)N[C@H]1C=CCCC1. The molecule has 0 fully saturated rings. The Bertz CT molecular complexity index is 228. The van der Waals surface area contributed by atoms with Gasteiger partial charge >= 0.3 is 0 Å². The number of hydrogen-bond donors (Lipinski definition) is 2. The molecule has 1 aliphatic carbocycles. The van der Waals surface area contributed by atoms with Gasteiger partial charge < -0.3 is 11.1 Å². The van der Waals surface area contributed by atoms with Crippen LogP contribution in [0.5, 0.6) is 0 Å². The summed E-state index contributed by atoms with van der Waals surface area (Å²) in [6, 6.07) is 0.454. The van der Waals surface area contributed by atoms with Crippen molar-refractivity contribution >= 4 is 0 Å². The Morgan fingerprint density at radius 2 is 2.36 bits per heavy atom. The average Bonchev–Trinajstić information content (AvgIpc) is 2.19. The van der Waals surface area contributed by atoms with Gasteiger partial charge in [0.2, 0.25) is 0 Å². The first-order chi connectivity index (χ1) is 6.74. The van der Waals surface area contributed by atoms with Crippen LogP contribution in [-0.4, -0.2) is 6.04 Å². The maximum Gasteiger partial charge on any atom is 0.0953 e. The van der Waals surface area contributed by atoms with Crippen LogP contribution >= 0.6 is 0 Å². The van der Waals surface area contributed by atoms with Crippen molar-refractivity contribution in [3.8, 4) is 0 Å². The second-order valence-corrected chi connectivity index (χ2v) is 4.05. The molecule has 2 heteroatoms. The fraction of sp³-hybridized carbons (Fsp3) is 0.667. The highest BCUT2D eigenvalue weighted by Gasteiger charge is 2.08. The van der Waals surface area contributed by atoms with Crippen LogP contribution in [0.3, 0.4) is 0 Å². The highest BCUT2D eigenvalue weighted by molar-refractivity contribution is 5.10. The second kappa shape index (κ2) is 5.74. The number of allylic oxidation sites excluding steroid dienone is 2. The lowest BCUT2D eigenvalue weighted by atomic mass is 10.0. The molecule has 0 aliphatic heterocycles. The van der Waals surface area contributed by atoms with Crippen LogP contribution in [0.15, 0.2) is 23.5 Å². The lowest BCUT2D eigenvalue weighted by Gasteiger charge is -2.20. The molecule has 0 aromatic rings. The van der Waals surface area contributed by atoms with Crippen molar-refractivity contribution in [2.24, 2.45) is 5.73 Å². The standard InChI is InChI=1S/C12H22N2/c1-3-7-10(2)12(13)14-11-8-5-4-6-9-11/h5,8,11,14H,3-4,6-7,9,13H2,1-2H3/b12-10+/t11-/m0/s1. The molecule has 0 unspecified atom stereocenters. The summed E-state index contributed by atoms with van der Waals surface area (Å²) in [5.74, 6) is 0.878. The maximum atomic E-state index is 5.97. The van der Waals surface area contributed by atoms with Gasteiger partial charge in [-0.1, -0.05) is 25.5 Å². The molecule has 80 valence electrons. The van der Waals surface area contributed by atoms with Crippen LogP contribution in [0.25, 0.3) is 0 Å². The summed E-state index contributed by atoms with van der Waals surface area (Å²) in [6.07, 6.45) is 10.4. The largest absolute Gasteiger partial charge is 0.386 e. The van der Waals surface area contributed by atoms with E-state index in [1.165, 1.54) is 24.8 Å². The minimum atomic E-state index is 0.454. The Morgan fingerprint density at radius 1 is 1.57 bits per heavy atom.